The number of carbonyl (C=O) groups is 1. The monoisotopic (exact) mass is 576 g/mol. The van der Waals surface area contributed by atoms with Crippen molar-refractivity contribution in [2.24, 2.45) is 4.99 Å². The number of carbonyl (C=O) groups excluding carboxylic acids is 1. The Kier molecular flexibility index (Phi) is 12.2. The Bertz CT molecular complexity index is 1000. The molecule has 0 saturated carbocycles. The maximum absolute atomic E-state index is 13.7. The van der Waals surface area contributed by atoms with Gasteiger partial charge in [-0.05, 0) is 48.7 Å². The molecular formula is C22H30FIN4O3S. The van der Waals surface area contributed by atoms with E-state index in [-0.39, 0.29) is 42.2 Å². The number of nitrogens with one attached hydrogen (secondary N) is 3. The van der Waals surface area contributed by atoms with E-state index >= 15 is 0 Å². The van der Waals surface area contributed by atoms with Crippen molar-refractivity contribution in [3.8, 4) is 0 Å². The van der Waals surface area contributed by atoms with Gasteiger partial charge in [-0.15, -0.1) is 24.0 Å². The van der Waals surface area contributed by atoms with Gasteiger partial charge in [-0.3, -0.25) is 4.79 Å². The summed E-state index contributed by atoms with van der Waals surface area (Å²) in [7, 11) is -3.25. The molecule has 0 aliphatic carbocycles. The summed E-state index contributed by atoms with van der Waals surface area (Å²) in [6.45, 7) is 3.77. The van der Waals surface area contributed by atoms with E-state index in [0.29, 0.717) is 48.7 Å². The van der Waals surface area contributed by atoms with Crippen molar-refractivity contribution < 1.29 is 17.6 Å². The van der Waals surface area contributed by atoms with Gasteiger partial charge in [0.2, 0.25) is 0 Å². The van der Waals surface area contributed by atoms with E-state index in [4.69, 9.17) is 0 Å². The molecule has 0 bridgehead atoms. The van der Waals surface area contributed by atoms with E-state index < -0.39 is 15.7 Å². The van der Waals surface area contributed by atoms with Crippen LogP contribution in [-0.2, 0) is 22.1 Å². The lowest BCUT2D eigenvalue weighted by Crippen LogP contribution is -2.38. The minimum absolute atomic E-state index is 0. The van der Waals surface area contributed by atoms with E-state index in [1.807, 2.05) is 25.1 Å². The smallest absolute Gasteiger partial charge is 0.251 e. The molecule has 0 aromatic heterocycles. The molecule has 0 radical (unpaired) electrons. The molecule has 2 aromatic carbocycles. The van der Waals surface area contributed by atoms with Crippen LogP contribution in [0.4, 0.5) is 4.39 Å². The van der Waals surface area contributed by atoms with Crippen molar-refractivity contribution in [2.75, 3.05) is 25.9 Å². The lowest BCUT2D eigenvalue weighted by Gasteiger charge is -2.13. The maximum atomic E-state index is 13.7. The SMILES string of the molecule is CCNC(=NCc1cc(F)ccc1CS(C)(=O)=O)NCCCNC(=O)c1ccccc1.I. The fourth-order valence-corrected chi connectivity index (χ4v) is 3.71. The first-order valence-corrected chi connectivity index (χ1v) is 12.1. The fourth-order valence-electron chi connectivity index (χ4n) is 2.86. The van der Waals surface area contributed by atoms with Gasteiger partial charge in [0.1, 0.15) is 5.82 Å². The minimum atomic E-state index is -3.25. The molecular weight excluding hydrogens is 546 g/mol. The first-order chi connectivity index (χ1) is 14.8. The third-order valence-electron chi connectivity index (χ3n) is 4.31. The quantitative estimate of drug-likeness (QED) is 0.175. The number of aliphatic imine (C=N–C) groups is 1. The van der Waals surface area contributed by atoms with Crippen LogP contribution in [0, 0.1) is 5.82 Å². The van der Waals surface area contributed by atoms with E-state index in [9.17, 15) is 17.6 Å². The number of rotatable bonds is 10. The van der Waals surface area contributed by atoms with Crippen LogP contribution in [0.5, 0.6) is 0 Å². The third kappa shape index (κ3) is 10.4. The maximum Gasteiger partial charge on any atom is 0.251 e. The molecule has 10 heteroatoms. The topological polar surface area (TPSA) is 99.7 Å². The predicted octanol–water partition coefficient (Wildman–Crippen LogP) is 2.86. The first-order valence-electron chi connectivity index (χ1n) is 10.1. The number of hydrogen-bond acceptors (Lipinski definition) is 4. The van der Waals surface area contributed by atoms with E-state index in [1.54, 1.807) is 12.1 Å². The van der Waals surface area contributed by atoms with Crippen molar-refractivity contribution in [2.45, 2.75) is 25.6 Å². The van der Waals surface area contributed by atoms with Gasteiger partial charge in [-0.25, -0.2) is 17.8 Å². The van der Waals surface area contributed by atoms with E-state index in [2.05, 4.69) is 20.9 Å². The van der Waals surface area contributed by atoms with Crippen molar-refractivity contribution in [3.63, 3.8) is 0 Å². The van der Waals surface area contributed by atoms with Crippen LogP contribution in [0.3, 0.4) is 0 Å². The molecule has 0 spiro atoms. The molecule has 0 heterocycles. The Morgan fingerprint density at radius 1 is 1.00 bits per heavy atom. The molecule has 1 amide bonds. The molecule has 0 saturated heterocycles. The summed E-state index contributed by atoms with van der Waals surface area (Å²) in [5, 5.41) is 9.12. The molecule has 0 atom stereocenters. The standard InChI is InChI=1S/C22H29FN4O3S.HI/c1-3-24-22(26-13-7-12-25-21(28)17-8-5-4-6-9-17)27-15-19-14-20(23)11-10-18(19)16-31(2,29)30;/h4-6,8-11,14H,3,7,12-13,15-16H2,1-2H3,(H,25,28)(H2,24,26,27);1H. The summed E-state index contributed by atoms with van der Waals surface area (Å²) in [5.41, 5.74) is 1.68. The number of halogens is 2. The molecule has 176 valence electrons. The molecule has 0 aliphatic rings. The van der Waals surface area contributed by atoms with Crippen LogP contribution < -0.4 is 16.0 Å². The summed E-state index contributed by atoms with van der Waals surface area (Å²) in [6, 6.07) is 13.0. The van der Waals surface area contributed by atoms with Crippen LogP contribution in [0.1, 0.15) is 34.8 Å². The summed E-state index contributed by atoms with van der Waals surface area (Å²) >= 11 is 0. The van der Waals surface area contributed by atoms with Crippen LogP contribution in [0.25, 0.3) is 0 Å². The average Bonchev–Trinajstić information content (AvgIpc) is 2.73. The zero-order valence-corrected chi connectivity index (χ0v) is 21.4. The largest absolute Gasteiger partial charge is 0.357 e. The van der Waals surface area contributed by atoms with Crippen molar-refractivity contribution in [1.29, 1.82) is 0 Å². The summed E-state index contributed by atoms with van der Waals surface area (Å²) in [4.78, 5) is 16.5. The number of benzene rings is 2. The summed E-state index contributed by atoms with van der Waals surface area (Å²) in [5.74, 6) is -0.185. The van der Waals surface area contributed by atoms with Gasteiger partial charge in [0.05, 0.1) is 12.3 Å². The zero-order chi connectivity index (χ0) is 22.7. The molecule has 0 unspecified atom stereocenters. The molecule has 0 aliphatic heterocycles. The van der Waals surface area contributed by atoms with Crippen molar-refractivity contribution >= 4 is 45.7 Å². The third-order valence-corrected chi connectivity index (χ3v) is 5.14. The lowest BCUT2D eigenvalue weighted by molar-refractivity contribution is 0.0953. The van der Waals surface area contributed by atoms with Gasteiger partial charge >= 0.3 is 0 Å². The van der Waals surface area contributed by atoms with Crippen LogP contribution >= 0.6 is 24.0 Å². The Labute approximate surface area is 206 Å². The zero-order valence-electron chi connectivity index (χ0n) is 18.2. The van der Waals surface area contributed by atoms with Gasteiger partial charge in [0, 0.05) is 31.5 Å². The molecule has 2 aromatic rings. The first kappa shape index (κ1) is 27.8. The van der Waals surface area contributed by atoms with Crippen molar-refractivity contribution in [1.82, 2.24) is 16.0 Å². The molecule has 2 rings (SSSR count). The Hall–Kier alpha value is -2.21. The average molecular weight is 576 g/mol. The van der Waals surface area contributed by atoms with Gasteiger partial charge in [0.25, 0.3) is 5.91 Å². The van der Waals surface area contributed by atoms with Gasteiger partial charge < -0.3 is 16.0 Å². The van der Waals surface area contributed by atoms with E-state index in [1.165, 1.54) is 18.2 Å². The highest BCUT2D eigenvalue weighted by Gasteiger charge is 2.11. The van der Waals surface area contributed by atoms with Crippen LogP contribution in [-0.4, -0.2) is 46.2 Å². The fraction of sp³-hybridized carbons (Fsp3) is 0.364. The Morgan fingerprint density at radius 2 is 1.69 bits per heavy atom. The highest BCUT2D eigenvalue weighted by Crippen LogP contribution is 2.15. The molecule has 7 nitrogen and oxygen atoms in total. The second-order valence-electron chi connectivity index (χ2n) is 7.08. The normalized spacial score (nSPS) is 11.4. The highest BCUT2D eigenvalue weighted by molar-refractivity contribution is 14.0. The number of nitrogens with zero attached hydrogens (tertiary/aromatic N) is 1. The lowest BCUT2D eigenvalue weighted by atomic mass is 10.1. The minimum Gasteiger partial charge on any atom is -0.357 e. The Morgan fingerprint density at radius 3 is 2.34 bits per heavy atom. The predicted molar refractivity (Wildman–Crippen MR) is 137 cm³/mol. The summed E-state index contributed by atoms with van der Waals surface area (Å²) < 4.78 is 36.9. The molecule has 32 heavy (non-hydrogen) atoms. The number of amides is 1. The molecule has 0 fully saturated rings. The Balaban J connectivity index is 0.00000512. The summed E-state index contributed by atoms with van der Waals surface area (Å²) in [6.07, 6.45) is 1.83. The van der Waals surface area contributed by atoms with Gasteiger partial charge in [-0.1, -0.05) is 24.3 Å². The molecule has 3 N–H and O–H groups in total. The van der Waals surface area contributed by atoms with Gasteiger partial charge in [-0.2, -0.15) is 0 Å². The highest BCUT2D eigenvalue weighted by atomic mass is 127. The van der Waals surface area contributed by atoms with Gasteiger partial charge in [0.15, 0.2) is 15.8 Å². The van der Waals surface area contributed by atoms with Crippen LogP contribution in [0.2, 0.25) is 0 Å². The second-order valence-corrected chi connectivity index (χ2v) is 9.22. The van der Waals surface area contributed by atoms with Crippen LogP contribution in [0.15, 0.2) is 53.5 Å². The second kappa shape index (κ2) is 14.0. The number of sulfone groups is 1. The van der Waals surface area contributed by atoms with E-state index in [0.717, 1.165) is 6.26 Å². The number of guanidine groups is 1. The van der Waals surface area contributed by atoms with Crippen molar-refractivity contribution in [3.05, 3.63) is 71.0 Å². The number of hydrogen-bond donors (Lipinski definition) is 3.